The molecule has 1 heterocycles. The first-order valence-corrected chi connectivity index (χ1v) is 10.1. The van der Waals surface area contributed by atoms with Gasteiger partial charge in [0, 0.05) is 22.7 Å². The van der Waals surface area contributed by atoms with Crippen LogP contribution >= 0.6 is 0 Å². The van der Waals surface area contributed by atoms with Gasteiger partial charge in [-0.05, 0) is 65.8 Å². The number of hydrogen-bond acceptors (Lipinski definition) is 4. The van der Waals surface area contributed by atoms with E-state index in [4.69, 9.17) is 9.84 Å². The summed E-state index contributed by atoms with van der Waals surface area (Å²) in [5.74, 6) is 0.401. The van der Waals surface area contributed by atoms with Crippen molar-refractivity contribution in [1.29, 1.82) is 0 Å². The average molecular weight is 415 g/mol. The molecule has 7 nitrogen and oxygen atoms in total. The van der Waals surface area contributed by atoms with Gasteiger partial charge in [-0.25, -0.2) is 9.48 Å². The van der Waals surface area contributed by atoms with Crippen LogP contribution < -0.4 is 10.6 Å². The standard InChI is InChI=1S/C23H34N4O3/c1-21(2,3)17-14-18(27(26-17)22(4,5)6)25-19(28)15-10-12-16(13-11-15)24-20(29)30-23(7,8)9/h10-14H,1-9H3,(H,24,29)(H,25,28). The van der Waals surface area contributed by atoms with Crippen molar-refractivity contribution in [2.75, 3.05) is 10.6 Å². The maximum atomic E-state index is 12.8. The molecule has 0 unspecified atom stereocenters. The monoisotopic (exact) mass is 414 g/mol. The van der Waals surface area contributed by atoms with Crippen LogP contribution in [0.1, 0.15) is 78.4 Å². The molecule has 7 heteroatoms. The van der Waals surface area contributed by atoms with Crippen molar-refractivity contribution in [2.45, 2.75) is 78.9 Å². The van der Waals surface area contributed by atoms with Crippen molar-refractivity contribution in [1.82, 2.24) is 9.78 Å². The Bertz CT molecular complexity index is 908. The number of ether oxygens (including phenoxy) is 1. The number of aromatic nitrogens is 2. The first-order chi connectivity index (χ1) is 13.6. The van der Waals surface area contributed by atoms with Crippen molar-refractivity contribution < 1.29 is 14.3 Å². The van der Waals surface area contributed by atoms with E-state index < -0.39 is 11.7 Å². The summed E-state index contributed by atoms with van der Waals surface area (Å²) in [5, 5.41) is 10.3. The Kier molecular flexibility index (Phi) is 6.35. The average Bonchev–Trinajstić information content (AvgIpc) is 2.98. The molecule has 0 atom stereocenters. The molecule has 0 saturated heterocycles. The van der Waals surface area contributed by atoms with E-state index in [1.54, 1.807) is 45.0 Å². The number of nitrogens with zero attached hydrogens (tertiary/aromatic N) is 2. The highest BCUT2D eigenvalue weighted by Gasteiger charge is 2.26. The summed E-state index contributed by atoms with van der Waals surface area (Å²) < 4.78 is 7.07. The Morgan fingerprint density at radius 3 is 1.93 bits per heavy atom. The molecule has 0 aliphatic carbocycles. The Hall–Kier alpha value is -2.83. The molecule has 2 rings (SSSR count). The van der Waals surface area contributed by atoms with E-state index in [2.05, 4.69) is 31.4 Å². The van der Waals surface area contributed by atoms with E-state index >= 15 is 0 Å². The summed E-state index contributed by atoms with van der Waals surface area (Å²) in [5.41, 5.74) is 0.938. The Morgan fingerprint density at radius 2 is 1.47 bits per heavy atom. The maximum Gasteiger partial charge on any atom is 0.412 e. The highest BCUT2D eigenvalue weighted by atomic mass is 16.6. The molecule has 0 radical (unpaired) electrons. The second-order valence-corrected chi connectivity index (χ2v) is 10.4. The minimum absolute atomic E-state index is 0.134. The van der Waals surface area contributed by atoms with Gasteiger partial charge in [-0.1, -0.05) is 20.8 Å². The fourth-order valence-electron chi connectivity index (χ4n) is 2.66. The molecular formula is C23H34N4O3. The highest BCUT2D eigenvalue weighted by Crippen LogP contribution is 2.28. The zero-order valence-corrected chi connectivity index (χ0v) is 19.5. The molecule has 1 aromatic carbocycles. The minimum atomic E-state index is -0.578. The maximum absolute atomic E-state index is 12.8. The Balaban J connectivity index is 2.17. The van der Waals surface area contributed by atoms with Gasteiger partial charge < -0.3 is 10.1 Å². The first kappa shape index (κ1) is 23.4. The smallest absolute Gasteiger partial charge is 0.412 e. The third-order valence-electron chi connectivity index (χ3n) is 4.15. The second kappa shape index (κ2) is 8.13. The van der Waals surface area contributed by atoms with Gasteiger partial charge in [0.2, 0.25) is 0 Å². The van der Waals surface area contributed by atoms with E-state index in [9.17, 15) is 9.59 Å². The lowest BCUT2D eigenvalue weighted by Crippen LogP contribution is -2.27. The quantitative estimate of drug-likeness (QED) is 0.691. The van der Waals surface area contributed by atoms with Crippen LogP contribution in [0.5, 0.6) is 0 Å². The van der Waals surface area contributed by atoms with Crippen LogP contribution in [-0.4, -0.2) is 27.4 Å². The van der Waals surface area contributed by atoms with Gasteiger partial charge in [0.15, 0.2) is 0 Å². The third-order valence-corrected chi connectivity index (χ3v) is 4.15. The summed E-state index contributed by atoms with van der Waals surface area (Å²) in [4.78, 5) is 24.7. The fraction of sp³-hybridized carbons (Fsp3) is 0.522. The van der Waals surface area contributed by atoms with E-state index in [-0.39, 0.29) is 16.9 Å². The molecule has 2 amide bonds. The van der Waals surface area contributed by atoms with E-state index in [1.165, 1.54) is 0 Å². The van der Waals surface area contributed by atoms with Crippen LogP contribution in [-0.2, 0) is 15.7 Å². The number of nitrogens with one attached hydrogen (secondary N) is 2. The summed E-state index contributed by atoms with van der Waals surface area (Å²) in [6.07, 6.45) is -0.538. The van der Waals surface area contributed by atoms with E-state index in [0.29, 0.717) is 17.1 Å². The third kappa shape index (κ3) is 6.34. The van der Waals surface area contributed by atoms with Crippen molar-refractivity contribution >= 4 is 23.5 Å². The minimum Gasteiger partial charge on any atom is -0.444 e. The molecule has 2 aromatic rings. The van der Waals surface area contributed by atoms with Crippen LogP contribution in [0.4, 0.5) is 16.3 Å². The van der Waals surface area contributed by atoms with Gasteiger partial charge in [0.1, 0.15) is 11.4 Å². The largest absolute Gasteiger partial charge is 0.444 e. The fourth-order valence-corrected chi connectivity index (χ4v) is 2.66. The summed E-state index contributed by atoms with van der Waals surface area (Å²) in [6, 6.07) is 8.57. The Labute approximate surface area is 179 Å². The van der Waals surface area contributed by atoms with E-state index in [0.717, 1.165) is 5.69 Å². The lowest BCUT2D eigenvalue weighted by atomic mass is 9.92. The number of anilines is 2. The predicted molar refractivity (Wildman–Crippen MR) is 120 cm³/mol. The van der Waals surface area contributed by atoms with Gasteiger partial charge in [0.25, 0.3) is 5.91 Å². The number of carbonyl (C=O) groups excluding carboxylic acids is 2. The lowest BCUT2D eigenvalue weighted by molar-refractivity contribution is 0.0635. The lowest BCUT2D eigenvalue weighted by Gasteiger charge is -2.23. The molecule has 2 N–H and O–H groups in total. The normalized spacial score (nSPS) is 12.4. The molecule has 0 spiro atoms. The van der Waals surface area contributed by atoms with Crippen LogP contribution in [0.2, 0.25) is 0 Å². The topological polar surface area (TPSA) is 85.2 Å². The molecule has 0 fully saturated rings. The van der Waals surface area contributed by atoms with Gasteiger partial charge in [-0.2, -0.15) is 5.10 Å². The summed E-state index contributed by atoms with van der Waals surface area (Å²) in [7, 11) is 0. The molecule has 164 valence electrons. The van der Waals surface area contributed by atoms with Crippen LogP contribution in [0.15, 0.2) is 30.3 Å². The molecule has 0 bridgehead atoms. The molecule has 0 aliphatic heterocycles. The van der Waals surface area contributed by atoms with Crippen molar-refractivity contribution in [3.63, 3.8) is 0 Å². The molecule has 0 aliphatic rings. The number of amides is 2. The number of hydrogen-bond donors (Lipinski definition) is 2. The highest BCUT2D eigenvalue weighted by molar-refractivity contribution is 6.04. The van der Waals surface area contributed by atoms with E-state index in [1.807, 2.05) is 31.5 Å². The second-order valence-electron chi connectivity index (χ2n) is 10.4. The zero-order valence-electron chi connectivity index (χ0n) is 19.5. The van der Waals surface area contributed by atoms with Gasteiger partial charge in [0.05, 0.1) is 11.2 Å². The van der Waals surface area contributed by atoms with Crippen molar-refractivity contribution in [2.24, 2.45) is 0 Å². The van der Waals surface area contributed by atoms with Gasteiger partial charge >= 0.3 is 6.09 Å². The predicted octanol–water partition coefficient (Wildman–Crippen LogP) is 5.53. The number of carbonyl (C=O) groups is 2. The van der Waals surface area contributed by atoms with Crippen molar-refractivity contribution in [3.8, 4) is 0 Å². The summed E-state index contributed by atoms with van der Waals surface area (Å²) >= 11 is 0. The molecule has 0 saturated carbocycles. The summed E-state index contributed by atoms with van der Waals surface area (Å²) in [6.45, 7) is 17.8. The molecule has 1 aromatic heterocycles. The SMILES string of the molecule is CC(C)(C)OC(=O)Nc1ccc(C(=O)Nc2cc(C(C)(C)C)nn2C(C)(C)C)cc1. The van der Waals surface area contributed by atoms with Crippen molar-refractivity contribution in [3.05, 3.63) is 41.6 Å². The number of benzene rings is 1. The van der Waals surface area contributed by atoms with Crippen LogP contribution in [0.25, 0.3) is 0 Å². The Morgan fingerprint density at radius 1 is 0.900 bits per heavy atom. The zero-order chi connectivity index (χ0) is 22.9. The molecule has 30 heavy (non-hydrogen) atoms. The van der Waals surface area contributed by atoms with Gasteiger partial charge in [-0.15, -0.1) is 0 Å². The first-order valence-electron chi connectivity index (χ1n) is 10.1. The number of rotatable bonds is 3. The van der Waals surface area contributed by atoms with Crippen LogP contribution in [0, 0.1) is 0 Å². The molecular weight excluding hydrogens is 380 g/mol. The van der Waals surface area contributed by atoms with Crippen LogP contribution in [0.3, 0.4) is 0 Å². The van der Waals surface area contributed by atoms with Gasteiger partial charge in [-0.3, -0.25) is 10.1 Å².